The number of hydrogen-bond donors (Lipinski definition) is 2. The van der Waals surface area contributed by atoms with Crippen LogP contribution in [-0.4, -0.2) is 64.7 Å². The first-order valence-electron chi connectivity index (χ1n) is 18.7. The molecule has 0 radical (unpaired) electrons. The first kappa shape index (κ1) is 37.4. The Balaban J connectivity index is 1.13. The maximum Gasteiger partial charge on any atom is 0.309 e. The van der Waals surface area contributed by atoms with Crippen LogP contribution < -0.4 is 0 Å². The van der Waals surface area contributed by atoms with E-state index in [2.05, 4.69) is 6.92 Å². The number of ether oxygens (including phenoxy) is 3. The molecule has 2 N–H and O–H groups in total. The first-order chi connectivity index (χ1) is 21.4. The molecule has 2 unspecified atom stereocenters. The predicted octanol–water partition coefficient (Wildman–Crippen LogP) is 8.15. The number of cyclic esters (lactones) is 1. The second kappa shape index (κ2) is 21.7. The van der Waals surface area contributed by atoms with E-state index in [-0.39, 0.29) is 54.3 Å². The number of aliphatic hydroxyl groups excluding tert-OH is 2. The molecule has 0 spiro atoms. The van der Waals surface area contributed by atoms with Crippen LogP contribution in [0.4, 0.5) is 0 Å². The summed E-state index contributed by atoms with van der Waals surface area (Å²) in [6.45, 7) is 3.79. The highest BCUT2D eigenvalue weighted by atomic mass is 16.6. The fourth-order valence-electron chi connectivity index (χ4n) is 7.55. The average molecular weight is 623 g/mol. The zero-order valence-electron chi connectivity index (χ0n) is 28.2. The number of carbonyl (C=O) groups excluding carboxylic acids is 2. The Labute approximate surface area is 268 Å². The molecule has 0 aliphatic carbocycles. The van der Waals surface area contributed by atoms with Crippen LogP contribution in [0, 0.1) is 5.92 Å². The monoisotopic (exact) mass is 622 g/mol. The summed E-state index contributed by atoms with van der Waals surface area (Å²) in [4.78, 5) is 23.1. The molecule has 0 amide bonds. The topological polar surface area (TPSA) is 102 Å². The Kier molecular flexibility index (Phi) is 18.5. The van der Waals surface area contributed by atoms with Crippen molar-refractivity contribution in [2.75, 3.05) is 0 Å². The lowest BCUT2D eigenvalue weighted by molar-refractivity contribution is -0.145. The zero-order valence-corrected chi connectivity index (χ0v) is 28.2. The Bertz CT molecular complexity index is 788. The summed E-state index contributed by atoms with van der Waals surface area (Å²) in [7, 11) is 0. The van der Waals surface area contributed by atoms with Crippen LogP contribution in [0.15, 0.2) is 0 Å². The lowest BCUT2D eigenvalue weighted by atomic mass is 9.96. The molecule has 3 fully saturated rings. The van der Waals surface area contributed by atoms with Gasteiger partial charge in [-0.1, -0.05) is 103 Å². The molecule has 44 heavy (non-hydrogen) atoms. The van der Waals surface area contributed by atoms with E-state index >= 15 is 0 Å². The van der Waals surface area contributed by atoms with Gasteiger partial charge in [0.05, 0.1) is 42.5 Å². The van der Waals surface area contributed by atoms with Crippen LogP contribution >= 0.6 is 0 Å². The van der Waals surface area contributed by atoms with Gasteiger partial charge in [-0.15, -0.1) is 0 Å². The number of ketones is 1. The molecule has 3 aliphatic rings. The number of Topliss-reactive ketones (excluding diaryl/α,β-unsaturated/α-hetero) is 1. The SMILES string of the molecule is CCCCCCCCCC[C@H](O)[C@H]1CC[C@H]([C@H]2CC[C@H]([C@H](O)CCCCCCCCCCC3CC(CC(C)=O)C(=O)O3)O2)O1. The van der Waals surface area contributed by atoms with Crippen LogP contribution in [0.3, 0.4) is 0 Å². The fraction of sp³-hybridized carbons (Fsp3) is 0.946. The van der Waals surface area contributed by atoms with Crippen molar-refractivity contribution in [3.8, 4) is 0 Å². The Morgan fingerprint density at radius 3 is 1.64 bits per heavy atom. The summed E-state index contributed by atoms with van der Waals surface area (Å²) in [5, 5.41) is 21.4. The van der Waals surface area contributed by atoms with Gasteiger partial charge in [-0.25, -0.2) is 0 Å². The molecular weight excluding hydrogens is 556 g/mol. The average Bonchev–Trinajstić information content (AvgIpc) is 3.75. The van der Waals surface area contributed by atoms with Gasteiger partial charge in [-0.3, -0.25) is 4.79 Å². The van der Waals surface area contributed by atoms with Gasteiger partial charge < -0.3 is 29.2 Å². The largest absolute Gasteiger partial charge is 0.462 e. The van der Waals surface area contributed by atoms with Crippen molar-refractivity contribution < 1.29 is 34.0 Å². The third-order valence-electron chi connectivity index (χ3n) is 10.3. The molecule has 0 aromatic carbocycles. The number of rotatable bonds is 25. The van der Waals surface area contributed by atoms with Gasteiger partial charge in [0, 0.05) is 6.42 Å². The van der Waals surface area contributed by atoms with Crippen LogP contribution in [0.25, 0.3) is 0 Å². The summed E-state index contributed by atoms with van der Waals surface area (Å²) < 4.78 is 18.0. The number of unbranched alkanes of at least 4 members (excludes halogenated alkanes) is 14. The molecule has 0 saturated carbocycles. The van der Waals surface area contributed by atoms with Crippen molar-refractivity contribution in [1.82, 2.24) is 0 Å². The highest BCUT2D eigenvalue weighted by molar-refractivity contribution is 5.83. The van der Waals surface area contributed by atoms with E-state index < -0.39 is 6.10 Å². The van der Waals surface area contributed by atoms with Crippen molar-refractivity contribution in [2.24, 2.45) is 5.92 Å². The normalized spacial score (nSPS) is 28.4. The molecule has 7 nitrogen and oxygen atoms in total. The minimum atomic E-state index is -0.399. The smallest absolute Gasteiger partial charge is 0.309 e. The molecule has 0 aromatic rings. The second-order valence-electron chi connectivity index (χ2n) is 14.3. The van der Waals surface area contributed by atoms with Gasteiger partial charge in [0.1, 0.15) is 11.9 Å². The number of carbonyl (C=O) groups is 2. The fourth-order valence-corrected chi connectivity index (χ4v) is 7.55. The minimum absolute atomic E-state index is 0.00211. The molecule has 3 heterocycles. The highest BCUT2D eigenvalue weighted by Gasteiger charge is 2.40. The molecule has 3 saturated heterocycles. The third-order valence-corrected chi connectivity index (χ3v) is 10.3. The standard InChI is InChI=1S/C37H66O7/c1-3-4-5-6-7-11-14-17-20-31(39)33-22-24-35(43-33)36-25-23-34(44-36)32(40)21-18-15-12-9-8-10-13-16-19-30-27-29(26-28(2)38)37(41)42-30/h29-36,39-40H,3-27H2,1-2H3/t29?,30?,31-,32+,33+,34+,35+,36+/m0/s1. The highest BCUT2D eigenvalue weighted by Crippen LogP contribution is 2.35. The Morgan fingerprint density at radius 2 is 1.16 bits per heavy atom. The van der Waals surface area contributed by atoms with E-state index in [0.717, 1.165) is 77.0 Å². The van der Waals surface area contributed by atoms with Gasteiger partial charge in [-0.2, -0.15) is 0 Å². The maximum atomic E-state index is 11.9. The van der Waals surface area contributed by atoms with Crippen LogP contribution in [-0.2, 0) is 23.8 Å². The van der Waals surface area contributed by atoms with Crippen LogP contribution in [0.2, 0.25) is 0 Å². The predicted molar refractivity (Wildman–Crippen MR) is 174 cm³/mol. The summed E-state index contributed by atoms with van der Waals surface area (Å²) in [5.41, 5.74) is 0. The minimum Gasteiger partial charge on any atom is -0.462 e. The number of hydrogen-bond acceptors (Lipinski definition) is 7. The van der Waals surface area contributed by atoms with Crippen molar-refractivity contribution in [1.29, 1.82) is 0 Å². The van der Waals surface area contributed by atoms with E-state index in [0.29, 0.717) is 12.8 Å². The van der Waals surface area contributed by atoms with Gasteiger partial charge in [0.25, 0.3) is 0 Å². The maximum absolute atomic E-state index is 11.9. The molecule has 8 atom stereocenters. The van der Waals surface area contributed by atoms with Gasteiger partial charge in [-0.05, 0) is 64.7 Å². The first-order valence-corrected chi connectivity index (χ1v) is 18.7. The van der Waals surface area contributed by atoms with E-state index in [1.54, 1.807) is 0 Å². The molecule has 0 aromatic heterocycles. The van der Waals surface area contributed by atoms with E-state index in [1.807, 2.05) is 0 Å². The quantitative estimate of drug-likeness (QED) is 0.0782. The molecule has 3 aliphatic heterocycles. The van der Waals surface area contributed by atoms with Crippen LogP contribution in [0.1, 0.15) is 174 Å². The molecule has 3 rings (SSSR count). The molecule has 7 heteroatoms. The zero-order chi connectivity index (χ0) is 31.6. The van der Waals surface area contributed by atoms with Crippen molar-refractivity contribution in [3.63, 3.8) is 0 Å². The second-order valence-corrected chi connectivity index (χ2v) is 14.3. The number of aliphatic hydroxyl groups is 2. The molecule has 256 valence electrons. The third kappa shape index (κ3) is 14.2. The van der Waals surface area contributed by atoms with E-state index in [1.165, 1.54) is 77.6 Å². The van der Waals surface area contributed by atoms with Crippen molar-refractivity contribution >= 4 is 11.8 Å². The summed E-state index contributed by atoms with van der Waals surface area (Å²) >= 11 is 0. The Morgan fingerprint density at radius 1 is 0.705 bits per heavy atom. The van der Waals surface area contributed by atoms with Crippen molar-refractivity contribution in [3.05, 3.63) is 0 Å². The molecule has 0 bridgehead atoms. The van der Waals surface area contributed by atoms with E-state index in [9.17, 15) is 19.8 Å². The molecular formula is C37H66O7. The summed E-state index contributed by atoms with van der Waals surface area (Å²) in [6.07, 6.45) is 26.0. The van der Waals surface area contributed by atoms with Crippen LogP contribution in [0.5, 0.6) is 0 Å². The van der Waals surface area contributed by atoms with Gasteiger partial charge >= 0.3 is 5.97 Å². The lowest BCUT2D eigenvalue weighted by Crippen LogP contribution is -2.33. The number of esters is 1. The van der Waals surface area contributed by atoms with E-state index in [4.69, 9.17) is 14.2 Å². The lowest BCUT2D eigenvalue weighted by Gasteiger charge is -2.24. The van der Waals surface area contributed by atoms with Gasteiger partial charge in [0.15, 0.2) is 0 Å². The Hall–Kier alpha value is -1.02. The van der Waals surface area contributed by atoms with Crippen molar-refractivity contribution in [2.45, 2.75) is 217 Å². The van der Waals surface area contributed by atoms with Gasteiger partial charge in [0.2, 0.25) is 0 Å². The summed E-state index contributed by atoms with van der Waals surface area (Å²) in [5.74, 6) is -0.348. The summed E-state index contributed by atoms with van der Waals surface area (Å²) in [6, 6.07) is 0.